The highest BCUT2D eigenvalue weighted by molar-refractivity contribution is 5.93. The summed E-state index contributed by atoms with van der Waals surface area (Å²) in [6.07, 6.45) is 2.25. The van der Waals surface area contributed by atoms with E-state index in [2.05, 4.69) is 13.0 Å². The Hall–Kier alpha value is -1.31. The van der Waals surface area contributed by atoms with Gasteiger partial charge < -0.3 is 4.90 Å². The van der Waals surface area contributed by atoms with Crippen LogP contribution in [0.5, 0.6) is 0 Å². The summed E-state index contributed by atoms with van der Waals surface area (Å²) in [6, 6.07) is 10.4. The average molecular weight is 202 g/mol. The standard InChI is InChI=1S/C13H16NO/c1-11-7-9-14(10-8-11)13(15)12-5-3-2-4-6-12/h2-5,11H,7-10H2,1H3. The van der Waals surface area contributed by atoms with E-state index < -0.39 is 0 Å². The number of likely N-dealkylation sites (tertiary alicyclic amines) is 1. The van der Waals surface area contributed by atoms with E-state index in [9.17, 15) is 4.79 Å². The van der Waals surface area contributed by atoms with Gasteiger partial charge in [-0.2, -0.15) is 0 Å². The zero-order chi connectivity index (χ0) is 10.7. The van der Waals surface area contributed by atoms with E-state index in [-0.39, 0.29) is 5.91 Å². The van der Waals surface area contributed by atoms with Crippen molar-refractivity contribution in [3.05, 3.63) is 35.9 Å². The molecule has 1 amide bonds. The first-order chi connectivity index (χ1) is 7.27. The van der Waals surface area contributed by atoms with Gasteiger partial charge in [0.1, 0.15) is 0 Å². The molecule has 0 saturated carbocycles. The van der Waals surface area contributed by atoms with Gasteiger partial charge >= 0.3 is 0 Å². The van der Waals surface area contributed by atoms with Crippen molar-refractivity contribution in [1.82, 2.24) is 4.90 Å². The molecule has 1 aromatic carbocycles. The van der Waals surface area contributed by atoms with Crippen LogP contribution in [-0.2, 0) is 0 Å². The van der Waals surface area contributed by atoms with Gasteiger partial charge in [-0.3, -0.25) is 4.79 Å². The SMILES string of the molecule is CC1CCN(C(=O)c2[c]cccc2)CC1. The van der Waals surface area contributed by atoms with Gasteiger partial charge in [0.2, 0.25) is 0 Å². The molecule has 1 aliphatic rings. The first-order valence-corrected chi connectivity index (χ1v) is 5.53. The molecule has 2 heteroatoms. The third-order valence-electron chi connectivity index (χ3n) is 3.01. The van der Waals surface area contributed by atoms with Crippen LogP contribution < -0.4 is 0 Å². The van der Waals surface area contributed by atoms with Crippen LogP contribution >= 0.6 is 0 Å². The van der Waals surface area contributed by atoms with E-state index in [4.69, 9.17) is 0 Å². The highest BCUT2D eigenvalue weighted by Gasteiger charge is 2.20. The number of piperidine rings is 1. The number of hydrogen-bond donors (Lipinski definition) is 0. The number of carbonyl (C=O) groups excluding carboxylic acids is 1. The van der Waals surface area contributed by atoms with Crippen LogP contribution in [0.3, 0.4) is 0 Å². The van der Waals surface area contributed by atoms with Crippen LogP contribution in [0.15, 0.2) is 24.3 Å². The van der Waals surface area contributed by atoms with Gasteiger partial charge in [0.05, 0.1) is 0 Å². The first-order valence-electron chi connectivity index (χ1n) is 5.53. The summed E-state index contributed by atoms with van der Waals surface area (Å²) in [5.41, 5.74) is 0.687. The van der Waals surface area contributed by atoms with Crippen LogP contribution in [0.4, 0.5) is 0 Å². The fraction of sp³-hybridized carbons (Fsp3) is 0.462. The van der Waals surface area contributed by atoms with Gasteiger partial charge in [0.25, 0.3) is 5.91 Å². The Morgan fingerprint density at radius 1 is 1.40 bits per heavy atom. The molecule has 1 aromatic rings. The summed E-state index contributed by atoms with van der Waals surface area (Å²) >= 11 is 0. The van der Waals surface area contributed by atoms with Gasteiger partial charge in [0, 0.05) is 18.7 Å². The second kappa shape index (κ2) is 4.47. The summed E-state index contributed by atoms with van der Waals surface area (Å²) in [4.78, 5) is 13.9. The molecule has 79 valence electrons. The van der Waals surface area contributed by atoms with Gasteiger partial charge in [-0.1, -0.05) is 25.1 Å². The summed E-state index contributed by atoms with van der Waals surface area (Å²) in [6.45, 7) is 4.03. The molecule has 1 heterocycles. The molecule has 0 unspecified atom stereocenters. The predicted octanol–water partition coefficient (Wildman–Crippen LogP) is 2.36. The molecule has 1 aliphatic heterocycles. The number of carbonyl (C=O) groups is 1. The van der Waals surface area contributed by atoms with E-state index in [0.717, 1.165) is 31.8 Å². The van der Waals surface area contributed by atoms with Crippen LogP contribution in [0, 0.1) is 12.0 Å². The van der Waals surface area contributed by atoms with Crippen molar-refractivity contribution in [2.75, 3.05) is 13.1 Å². The third kappa shape index (κ3) is 2.38. The maximum absolute atomic E-state index is 12.0. The maximum atomic E-state index is 12.0. The molecule has 0 aromatic heterocycles. The zero-order valence-corrected chi connectivity index (χ0v) is 9.07. The number of amides is 1. The van der Waals surface area contributed by atoms with E-state index in [0.29, 0.717) is 5.56 Å². The van der Waals surface area contributed by atoms with Crippen LogP contribution in [0.25, 0.3) is 0 Å². The Labute approximate surface area is 90.9 Å². The van der Waals surface area contributed by atoms with Gasteiger partial charge in [0.15, 0.2) is 0 Å². The molecule has 0 aliphatic carbocycles. The molecule has 1 saturated heterocycles. The fourth-order valence-electron chi connectivity index (χ4n) is 1.91. The molecular weight excluding hydrogens is 186 g/mol. The van der Waals surface area contributed by atoms with E-state index in [1.807, 2.05) is 23.1 Å². The monoisotopic (exact) mass is 202 g/mol. The Bertz CT molecular complexity index is 326. The Morgan fingerprint density at radius 3 is 2.73 bits per heavy atom. The van der Waals surface area contributed by atoms with Crippen molar-refractivity contribution in [2.24, 2.45) is 5.92 Å². The second-order valence-electron chi connectivity index (χ2n) is 4.25. The number of hydrogen-bond acceptors (Lipinski definition) is 1. The van der Waals surface area contributed by atoms with Gasteiger partial charge in [-0.25, -0.2) is 0 Å². The quantitative estimate of drug-likeness (QED) is 0.684. The molecule has 2 nitrogen and oxygen atoms in total. The van der Waals surface area contributed by atoms with Crippen molar-refractivity contribution < 1.29 is 4.79 Å². The smallest absolute Gasteiger partial charge is 0.254 e. The van der Waals surface area contributed by atoms with Crippen LogP contribution in [0.1, 0.15) is 30.1 Å². The Balaban J connectivity index is 2.03. The molecule has 0 N–H and O–H groups in total. The van der Waals surface area contributed by atoms with Crippen molar-refractivity contribution in [2.45, 2.75) is 19.8 Å². The second-order valence-corrected chi connectivity index (χ2v) is 4.25. The molecular formula is C13H16NO. The van der Waals surface area contributed by atoms with Crippen molar-refractivity contribution in [3.8, 4) is 0 Å². The summed E-state index contributed by atoms with van der Waals surface area (Å²) < 4.78 is 0. The largest absolute Gasteiger partial charge is 0.339 e. The predicted molar refractivity (Wildman–Crippen MR) is 59.6 cm³/mol. The summed E-state index contributed by atoms with van der Waals surface area (Å²) in [5, 5.41) is 0. The topological polar surface area (TPSA) is 20.3 Å². The highest BCUT2D eigenvalue weighted by atomic mass is 16.2. The number of nitrogens with zero attached hydrogens (tertiary/aromatic N) is 1. The van der Waals surface area contributed by atoms with Gasteiger partial charge in [-0.15, -0.1) is 0 Å². The third-order valence-corrected chi connectivity index (χ3v) is 3.01. The summed E-state index contributed by atoms with van der Waals surface area (Å²) in [5.74, 6) is 0.885. The average Bonchev–Trinajstić information content (AvgIpc) is 2.30. The van der Waals surface area contributed by atoms with Crippen LogP contribution in [-0.4, -0.2) is 23.9 Å². The van der Waals surface area contributed by atoms with Gasteiger partial charge in [-0.05, 0) is 30.9 Å². The highest BCUT2D eigenvalue weighted by Crippen LogP contribution is 2.17. The van der Waals surface area contributed by atoms with Crippen molar-refractivity contribution in [1.29, 1.82) is 0 Å². The lowest BCUT2D eigenvalue weighted by Crippen LogP contribution is -2.37. The minimum Gasteiger partial charge on any atom is -0.339 e. The minimum atomic E-state index is 0.127. The molecule has 0 spiro atoms. The lowest BCUT2D eigenvalue weighted by Gasteiger charge is -2.30. The van der Waals surface area contributed by atoms with E-state index in [1.54, 1.807) is 6.07 Å². The van der Waals surface area contributed by atoms with Crippen LogP contribution in [0.2, 0.25) is 0 Å². The molecule has 0 atom stereocenters. The molecule has 1 fully saturated rings. The Kier molecular flexibility index (Phi) is 3.05. The maximum Gasteiger partial charge on any atom is 0.254 e. The van der Waals surface area contributed by atoms with E-state index in [1.165, 1.54) is 0 Å². The lowest BCUT2D eigenvalue weighted by atomic mass is 9.98. The fourth-order valence-corrected chi connectivity index (χ4v) is 1.91. The van der Waals surface area contributed by atoms with Crippen molar-refractivity contribution in [3.63, 3.8) is 0 Å². The molecule has 1 radical (unpaired) electrons. The van der Waals surface area contributed by atoms with Crippen molar-refractivity contribution >= 4 is 5.91 Å². The zero-order valence-electron chi connectivity index (χ0n) is 9.07. The number of benzene rings is 1. The first kappa shape index (κ1) is 10.2. The summed E-state index contributed by atoms with van der Waals surface area (Å²) in [7, 11) is 0. The number of rotatable bonds is 1. The molecule has 15 heavy (non-hydrogen) atoms. The lowest BCUT2D eigenvalue weighted by molar-refractivity contribution is 0.0697. The van der Waals surface area contributed by atoms with E-state index >= 15 is 0 Å². The Morgan fingerprint density at radius 2 is 2.13 bits per heavy atom. The molecule has 0 bridgehead atoms. The normalized spacial score (nSPS) is 17.8. The molecule has 2 rings (SSSR count). The minimum absolute atomic E-state index is 0.127.